The van der Waals surface area contributed by atoms with E-state index in [-0.39, 0.29) is 30.4 Å². The quantitative estimate of drug-likeness (QED) is 0.865. The van der Waals surface area contributed by atoms with Gasteiger partial charge in [-0.1, -0.05) is 25.3 Å². The van der Waals surface area contributed by atoms with Crippen LogP contribution in [0.1, 0.15) is 64.5 Å². The molecule has 1 saturated carbocycles. The van der Waals surface area contributed by atoms with Crippen molar-refractivity contribution >= 4 is 17.5 Å². The van der Waals surface area contributed by atoms with Crippen LogP contribution in [-0.2, 0) is 9.59 Å². The second-order valence-corrected chi connectivity index (χ2v) is 7.92. The van der Waals surface area contributed by atoms with Crippen LogP contribution in [0.4, 0.5) is 5.69 Å². The highest BCUT2D eigenvalue weighted by Gasteiger charge is 2.41. The number of nitrogens with zero attached hydrogens (tertiary/aromatic N) is 1. The summed E-state index contributed by atoms with van der Waals surface area (Å²) in [5, 5.41) is 3.08. The van der Waals surface area contributed by atoms with Gasteiger partial charge < -0.3 is 15.8 Å². The molecule has 3 rings (SSSR count). The Morgan fingerprint density at radius 1 is 1.35 bits per heavy atom. The van der Waals surface area contributed by atoms with Crippen molar-refractivity contribution in [3.63, 3.8) is 0 Å². The highest BCUT2D eigenvalue weighted by molar-refractivity contribution is 6.05. The summed E-state index contributed by atoms with van der Waals surface area (Å²) in [6.07, 6.45) is 5.56. The monoisotopic (exact) mass is 359 g/mol. The van der Waals surface area contributed by atoms with Crippen LogP contribution >= 0.6 is 0 Å². The van der Waals surface area contributed by atoms with E-state index in [1.165, 1.54) is 11.3 Å². The van der Waals surface area contributed by atoms with Crippen LogP contribution in [0.5, 0.6) is 5.75 Å². The molecule has 1 aromatic carbocycles. The van der Waals surface area contributed by atoms with Crippen molar-refractivity contribution in [2.45, 2.75) is 70.6 Å². The summed E-state index contributed by atoms with van der Waals surface area (Å²) >= 11 is 0. The zero-order chi connectivity index (χ0) is 18.9. The number of rotatable bonds is 4. The molecule has 6 nitrogen and oxygen atoms in total. The first kappa shape index (κ1) is 18.7. The van der Waals surface area contributed by atoms with Crippen LogP contribution < -0.4 is 20.7 Å². The number of hydrogen-bond acceptors (Lipinski definition) is 4. The molecule has 1 unspecified atom stereocenters. The Labute approximate surface area is 155 Å². The third-order valence-electron chi connectivity index (χ3n) is 5.20. The van der Waals surface area contributed by atoms with E-state index in [1.807, 2.05) is 25.1 Å². The largest absolute Gasteiger partial charge is 0.476 e. The third kappa shape index (κ3) is 3.85. The summed E-state index contributed by atoms with van der Waals surface area (Å²) in [4.78, 5) is 27.0. The predicted octanol–water partition coefficient (Wildman–Crippen LogP) is 2.66. The molecule has 2 amide bonds. The molecule has 0 spiro atoms. The summed E-state index contributed by atoms with van der Waals surface area (Å²) in [7, 11) is 0. The van der Waals surface area contributed by atoms with Gasteiger partial charge in [-0.05, 0) is 51.3 Å². The maximum atomic E-state index is 12.9. The van der Waals surface area contributed by atoms with Crippen LogP contribution in [0, 0.1) is 0 Å². The summed E-state index contributed by atoms with van der Waals surface area (Å²) < 4.78 is 5.86. The number of carbonyl (C=O) groups excluding carboxylic acids is 2. The number of amides is 2. The minimum atomic E-state index is -1.01. The van der Waals surface area contributed by atoms with Gasteiger partial charge in [0.25, 0.3) is 5.91 Å². The lowest BCUT2D eigenvalue weighted by molar-refractivity contribution is -0.134. The first-order valence-corrected chi connectivity index (χ1v) is 9.48. The lowest BCUT2D eigenvalue weighted by Gasteiger charge is -2.39. The van der Waals surface area contributed by atoms with Crippen molar-refractivity contribution in [1.29, 1.82) is 0 Å². The highest BCUT2D eigenvalue weighted by atomic mass is 16.5. The maximum absolute atomic E-state index is 12.9. The van der Waals surface area contributed by atoms with Crippen LogP contribution in [-0.4, -0.2) is 30.0 Å². The molecule has 1 heterocycles. The molecule has 0 aromatic heterocycles. The number of fused-ring (bicyclic) bond motifs is 1. The second kappa shape index (κ2) is 7.27. The standard InChI is InChI=1S/C20H29N3O3/c1-13(21)14-9-10-17-16(11-14)23(19(25)20(2,3)26-17)12-18(24)22-15-7-5-4-6-8-15/h9-11,13,15H,4-8,12,21H2,1-3H3,(H,22,24). The van der Waals surface area contributed by atoms with Crippen molar-refractivity contribution in [2.75, 3.05) is 11.4 Å². The van der Waals surface area contributed by atoms with Crippen LogP contribution in [0.2, 0.25) is 0 Å². The molecule has 0 saturated heterocycles. The normalized spacial score (nSPS) is 20.9. The smallest absolute Gasteiger partial charge is 0.271 e. The summed E-state index contributed by atoms with van der Waals surface area (Å²) in [5.41, 5.74) is 6.49. The Balaban J connectivity index is 1.83. The Bertz CT molecular complexity index is 694. The Morgan fingerprint density at radius 2 is 2.04 bits per heavy atom. The Kier molecular flexibility index (Phi) is 5.23. The fourth-order valence-corrected chi connectivity index (χ4v) is 3.69. The molecular formula is C20H29N3O3. The fourth-order valence-electron chi connectivity index (χ4n) is 3.69. The number of nitrogens with two attached hydrogens (primary N) is 1. The van der Waals surface area contributed by atoms with Gasteiger partial charge in [0.15, 0.2) is 5.60 Å². The number of benzene rings is 1. The molecule has 1 aliphatic heterocycles. The molecule has 1 aliphatic carbocycles. The fraction of sp³-hybridized carbons (Fsp3) is 0.600. The topological polar surface area (TPSA) is 84.7 Å². The van der Waals surface area contributed by atoms with Gasteiger partial charge in [0.05, 0.1) is 5.69 Å². The van der Waals surface area contributed by atoms with Gasteiger partial charge in [-0.2, -0.15) is 0 Å². The summed E-state index contributed by atoms with van der Waals surface area (Å²) in [5.74, 6) is 0.259. The Hall–Kier alpha value is -2.08. The Morgan fingerprint density at radius 3 is 2.69 bits per heavy atom. The molecule has 0 radical (unpaired) electrons. The number of nitrogens with one attached hydrogen (secondary N) is 1. The number of ether oxygens (including phenoxy) is 1. The molecule has 0 bridgehead atoms. The SMILES string of the molecule is CC(N)c1ccc2c(c1)N(CC(=O)NC1CCCCC1)C(=O)C(C)(C)O2. The number of anilines is 1. The number of hydrogen-bond donors (Lipinski definition) is 2. The van der Waals surface area contributed by atoms with Crippen molar-refractivity contribution in [2.24, 2.45) is 5.73 Å². The molecule has 1 atom stereocenters. The third-order valence-corrected chi connectivity index (χ3v) is 5.20. The van der Waals surface area contributed by atoms with E-state index in [2.05, 4.69) is 5.32 Å². The van der Waals surface area contributed by atoms with Gasteiger partial charge in [-0.15, -0.1) is 0 Å². The lowest BCUT2D eigenvalue weighted by atomic mass is 9.95. The highest BCUT2D eigenvalue weighted by Crippen LogP contribution is 2.39. The van der Waals surface area contributed by atoms with Crippen molar-refractivity contribution < 1.29 is 14.3 Å². The van der Waals surface area contributed by atoms with E-state index in [4.69, 9.17) is 10.5 Å². The van der Waals surface area contributed by atoms with E-state index in [9.17, 15) is 9.59 Å². The molecule has 6 heteroatoms. The van der Waals surface area contributed by atoms with Crippen LogP contribution in [0.3, 0.4) is 0 Å². The van der Waals surface area contributed by atoms with Gasteiger partial charge in [0.2, 0.25) is 5.91 Å². The molecule has 26 heavy (non-hydrogen) atoms. The van der Waals surface area contributed by atoms with Gasteiger partial charge >= 0.3 is 0 Å². The zero-order valence-electron chi connectivity index (χ0n) is 15.9. The van der Waals surface area contributed by atoms with Crippen molar-refractivity contribution in [3.05, 3.63) is 23.8 Å². The second-order valence-electron chi connectivity index (χ2n) is 7.92. The van der Waals surface area contributed by atoms with E-state index < -0.39 is 5.60 Å². The van der Waals surface area contributed by atoms with Gasteiger partial charge in [-0.3, -0.25) is 14.5 Å². The first-order chi connectivity index (χ1) is 12.3. The van der Waals surface area contributed by atoms with Crippen molar-refractivity contribution in [1.82, 2.24) is 5.32 Å². The van der Waals surface area contributed by atoms with E-state index >= 15 is 0 Å². The molecule has 1 aromatic rings. The van der Waals surface area contributed by atoms with Gasteiger partial charge in [-0.25, -0.2) is 0 Å². The van der Waals surface area contributed by atoms with Crippen molar-refractivity contribution in [3.8, 4) is 5.75 Å². The average molecular weight is 359 g/mol. The summed E-state index contributed by atoms with van der Waals surface area (Å²) in [6, 6.07) is 5.63. The van der Waals surface area contributed by atoms with E-state index in [0.717, 1.165) is 31.2 Å². The van der Waals surface area contributed by atoms with E-state index in [1.54, 1.807) is 13.8 Å². The first-order valence-electron chi connectivity index (χ1n) is 9.48. The zero-order valence-corrected chi connectivity index (χ0v) is 15.9. The predicted molar refractivity (Wildman–Crippen MR) is 101 cm³/mol. The van der Waals surface area contributed by atoms with E-state index in [0.29, 0.717) is 11.4 Å². The molecule has 1 fully saturated rings. The molecule has 2 aliphatic rings. The minimum Gasteiger partial charge on any atom is -0.476 e. The van der Waals surface area contributed by atoms with Crippen LogP contribution in [0.15, 0.2) is 18.2 Å². The van der Waals surface area contributed by atoms with Gasteiger partial charge in [0.1, 0.15) is 12.3 Å². The van der Waals surface area contributed by atoms with Gasteiger partial charge in [0, 0.05) is 12.1 Å². The maximum Gasteiger partial charge on any atom is 0.271 e. The van der Waals surface area contributed by atoms with Crippen LogP contribution in [0.25, 0.3) is 0 Å². The molecule has 3 N–H and O–H groups in total. The minimum absolute atomic E-state index is 0.00245. The molecule has 142 valence electrons. The molecular weight excluding hydrogens is 330 g/mol. The lowest BCUT2D eigenvalue weighted by Crippen LogP contribution is -2.55. The summed E-state index contributed by atoms with van der Waals surface area (Å²) in [6.45, 7) is 5.34. The number of carbonyl (C=O) groups is 2. The average Bonchev–Trinajstić information content (AvgIpc) is 2.59.